The molecule has 0 radical (unpaired) electrons. The highest BCUT2D eigenvalue weighted by molar-refractivity contribution is 7.15. The summed E-state index contributed by atoms with van der Waals surface area (Å²) in [4.78, 5) is 26.0. The fourth-order valence-electron chi connectivity index (χ4n) is 2.31. The molecule has 3 rings (SSSR count). The van der Waals surface area contributed by atoms with Crippen molar-refractivity contribution in [2.24, 2.45) is 5.92 Å². The lowest BCUT2D eigenvalue weighted by Crippen LogP contribution is -2.32. The first-order valence-corrected chi connectivity index (χ1v) is 9.26. The molecule has 25 heavy (non-hydrogen) atoms. The fraction of sp³-hybridized carbons (Fsp3) is 0.538. The molecule has 0 aliphatic carbocycles. The molecule has 2 aromatic heterocycles. The molecule has 2 amide bonds. The van der Waals surface area contributed by atoms with Gasteiger partial charge in [-0.05, 0) is 6.92 Å². The van der Waals surface area contributed by atoms with E-state index in [1.54, 1.807) is 0 Å². The Morgan fingerprint density at radius 1 is 1.32 bits per heavy atom. The molecular formula is C13H17N7O3S2. The van der Waals surface area contributed by atoms with Crippen LogP contribution in [0.15, 0.2) is 0 Å². The molecule has 0 saturated carbocycles. The van der Waals surface area contributed by atoms with Crippen molar-refractivity contribution in [2.45, 2.75) is 26.5 Å². The third-order valence-corrected chi connectivity index (χ3v) is 5.18. The Morgan fingerprint density at radius 3 is 2.84 bits per heavy atom. The van der Waals surface area contributed by atoms with E-state index in [1.165, 1.54) is 27.6 Å². The SMILES string of the molecule is CCOCc1nnc(N2CC(C(=O)NCc3nnc(N)s3)CC2=O)s1. The number of carbonyl (C=O) groups is 2. The molecule has 2 aromatic rings. The van der Waals surface area contributed by atoms with Crippen molar-refractivity contribution < 1.29 is 14.3 Å². The van der Waals surface area contributed by atoms with Crippen LogP contribution in [0, 0.1) is 5.92 Å². The number of carbonyl (C=O) groups excluding carboxylic acids is 2. The number of hydrogen-bond donors (Lipinski definition) is 2. The highest BCUT2D eigenvalue weighted by Gasteiger charge is 2.36. The van der Waals surface area contributed by atoms with Gasteiger partial charge < -0.3 is 15.8 Å². The second-order valence-electron chi connectivity index (χ2n) is 5.27. The standard InChI is InChI=1S/C13H17N7O3S2/c1-2-23-6-9-17-19-13(25-9)20-5-7(3-10(20)21)11(22)15-4-8-16-18-12(14)24-8/h7H,2-6H2,1H3,(H2,14,18)(H,15,22). The van der Waals surface area contributed by atoms with E-state index in [-0.39, 0.29) is 31.3 Å². The largest absolute Gasteiger partial charge is 0.374 e. The molecule has 1 unspecified atom stereocenters. The number of ether oxygens (including phenoxy) is 1. The summed E-state index contributed by atoms with van der Waals surface area (Å²) in [6, 6.07) is 0. The topological polar surface area (TPSA) is 136 Å². The van der Waals surface area contributed by atoms with E-state index < -0.39 is 5.92 Å². The van der Waals surface area contributed by atoms with E-state index in [1.807, 2.05) is 6.92 Å². The van der Waals surface area contributed by atoms with Gasteiger partial charge in [0, 0.05) is 19.6 Å². The van der Waals surface area contributed by atoms with Crippen LogP contribution in [-0.2, 0) is 27.5 Å². The predicted molar refractivity (Wildman–Crippen MR) is 91.9 cm³/mol. The monoisotopic (exact) mass is 383 g/mol. The zero-order chi connectivity index (χ0) is 17.8. The zero-order valence-electron chi connectivity index (χ0n) is 13.5. The van der Waals surface area contributed by atoms with Crippen molar-refractivity contribution in [3.63, 3.8) is 0 Å². The molecular weight excluding hydrogens is 366 g/mol. The predicted octanol–water partition coefficient (Wildman–Crippen LogP) is 0.178. The first kappa shape index (κ1) is 17.6. The molecule has 1 aliphatic rings. The molecule has 0 spiro atoms. The number of aromatic nitrogens is 4. The molecule has 1 aliphatic heterocycles. The van der Waals surface area contributed by atoms with Crippen LogP contribution in [-0.4, -0.2) is 45.4 Å². The van der Waals surface area contributed by atoms with E-state index >= 15 is 0 Å². The second-order valence-corrected chi connectivity index (χ2v) is 7.41. The van der Waals surface area contributed by atoms with Gasteiger partial charge in [0.1, 0.15) is 16.6 Å². The lowest BCUT2D eigenvalue weighted by molar-refractivity contribution is -0.126. The van der Waals surface area contributed by atoms with Crippen LogP contribution in [0.25, 0.3) is 0 Å². The Labute approximate surface area is 151 Å². The number of nitrogen functional groups attached to an aromatic ring is 1. The molecule has 1 saturated heterocycles. The first-order valence-electron chi connectivity index (χ1n) is 7.63. The molecule has 1 fully saturated rings. The number of nitrogens with one attached hydrogen (secondary N) is 1. The number of hydrogen-bond acceptors (Lipinski definition) is 10. The summed E-state index contributed by atoms with van der Waals surface area (Å²) in [6.45, 7) is 3.37. The van der Waals surface area contributed by atoms with Gasteiger partial charge in [-0.15, -0.1) is 20.4 Å². The lowest BCUT2D eigenvalue weighted by atomic mass is 10.1. The summed E-state index contributed by atoms with van der Waals surface area (Å²) in [6.07, 6.45) is 0.143. The molecule has 3 heterocycles. The Kier molecular flexibility index (Phi) is 5.50. The normalized spacial score (nSPS) is 17.2. The maximum atomic E-state index is 12.3. The summed E-state index contributed by atoms with van der Waals surface area (Å²) in [5, 5.41) is 20.5. The van der Waals surface area contributed by atoms with Crippen molar-refractivity contribution in [3.05, 3.63) is 10.0 Å². The molecule has 134 valence electrons. The van der Waals surface area contributed by atoms with Gasteiger partial charge in [0.15, 0.2) is 0 Å². The Bertz CT molecular complexity index is 762. The number of nitrogens with zero attached hydrogens (tertiary/aromatic N) is 5. The van der Waals surface area contributed by atoms with Crippen molar-refractivity contribution >= 4 is 44.8 Å². The van der Waals surface area contributed by atoms with Crippen molar-refractivity contribution in [2.75, 3.05) is 23.8 Å². The van der Waals surface area contributed by atoms with Crippen LogP contribution in [0.1, 0.15) is 23.4 Å². The van der Waals surface area contributed by atoms with E-state index in [0.29, 0.717) is 33.5 Å². The molecule has 0 aromatic carbocycles. The molecule has 0 bridgehead atoms. The summed E-state index contributed by atoms with van der Waals surface area (Å²) >= 11 is 2.51. The van der Waals surface area contributed by atoms with Crippen LogP contribution in [0.3, 0.4) is 0 Å². The van der Waals surface area contributed by atoms with Crippen LogP contribution in [0.2, 0.25) is 0 Å². The van der Waals surface area contributed by atoms with Gasteiger partial charge in [0.25, 0.3) is 0 Å². The Balaban J connectivity index is 1.56. The highest BCUT2D eigenvalue weighted by Crippen LogP contribution is 2.28. The number of nitrogens with two attached hydrogens (primary N) is 1. The molecule has 1 atom stereocenters. The third kappa shape index (κ3) is 4.27. The van der Waals surface area contributed by atoms with Crippen molar-refractivity contribution in [1.29, 1.82) is 0 Å². The Hall–Kier alpha value is -2.18. The minimum absolute atomic E-state index is 0.139. The second kappa shape index (κ2) is 7.80. The summed E-state index contributed by atoms with van der Waals surface area (Å²) < 4.78 is 5.28. The number of amides is 2. The van der Waals surface area contributed by atoms with Crippen molar-refractivity contribution in [3.8, 4) is 0 Å². The summed E-state index contributed by atoms with van der Waals surface area (Å²) in [5.41, 5.74) is 5.50. The van der Waals surface area contributed by atoms with Gasteiger partial charge in [-0.3, -0.25) is 14.5 Å². The maximum Gasteiger partial charge on any atom is 0.229 e. The minimum atomic E-state index is -0.433. The average Bonchev–Trinajstić information content (AvgIpc) is 3.30. The first-order chi connectivity index (χ1) is 12.1. The summed E-state index contributed by atoms with van der Waals surface area (Å²) in [5.74, 6) is -0.778. The van der Waals surface area contributed by atoms with Gasteiger partial charge in [-0.1, -0.05) is 22.7 Å². The van der Waals surface area contributed by atoms with E-state index in [4.69, 9.17) is 10.5 Å². The third-order valence-electron chi connectivity index (χ3n) is 3.51. The fourth-order valence-corrected chi connectivity index (χ4v) is 3.67. The molecule has 10 nitrogen and oxygen atoms in total. The van der Waals surface area contributed by atoms with Gasteiger partial charge >= 0.3 is 0 Å². The zero-order valence-corrected chi connectivity index (χ0v) is 15.1. The van der Waals surface area contributed by atoms with Crippen LogP contribution in [0.4, 0.5) is 10.3 Å². The number of rotatable bonds is 7. The van der Waals surface area contributed by atoms with Crippen LogP contribution >= 0.6 is 22.7 Å². The molecule has 12 heteroatoms. The van der Waals surface area contributed by atoms with Gasteiger partial charge in [0.05, 0.1) is 12.5 Å². The van der Waals surface area contributed by atoms with Crippen molar-refractivity contribution in [1.82, 2.24) is 25.7 Å². The quantitative estimate of drug-likeness (QED) is 0.691. The smallest absolute Gasteiger partial charge is 0.229 e. The minimum Gasteiger partial charge on any atom is -0.374 e. The maximum absolute atomic E-state index is 12.3. The van der Waals surface area contributed by atoms with Crippen LogP contribution < -0.4 is 16.0 Å². The highest BCUT2D eigenvalue weighted by atomic mass is 32.1. The average molecular weight is 383 g/mol. The Morgan fingerprint density at radius 2 is 2.12 bits per heavy atom. The van der Waals surface area contributed by atoms with Gasteiger partial charge in [0.2, 0.25) is 22.1 Å². The molecule has 3 N–H and O–H groups in total. The van der Waals surface area contributed by atoms with Gasteiger partial charge in [-0.25, -0.2) is 0 Å². The lowest BCUT2D eigenvalue weighted by Gasteiger charge is -2.12. The van der Waals surface area contributed by atoms with E-state index in [9.17, 15) is 9.59 Å². The van der Waals surface area contributed by atoms with Crippen LogP contribution in [0.5, 0.6) is 0 Å². The summed E-state index contributed by atoms with van der Waals surface area (Å²) in [7, 11) is 0. The van der Waals surface area contributed by atoms with E-state index in [0.717, 1.165) is 0 Å². The number of anilines is 2. The van der Waals surface area contributed by atoms with Gasteiger partial charge in [-0.2, -0.15) is 0 Å². The van der Waals surface area contributed by atoms with E-state index in [2.05, 4.69) is 25.7 Å².